The van der Waals surface area contributed by atoms with Crippen LogP contribution in [0.1, 0.15) is 53.4 Å². The SMILES string of the molecule is CCCCOCCCNC(C)C(=O)NC(C)CC. The molecule has 0 spiro atoms. The Labute approximate surface area is 112 Å². The summed E-state index contributed by atoms with van der Waals surface area (Å²) in [7, 11) is 0. The predicted molar refractivity (Wildman–Crippen MR) is 75.7 cm³/mol. The Bertz CT molecular complexity index is 210. The summed E-state index contributed by atoms with van der Waals surface area (Å²) in [6.07, 6.45) is 4.21. The highest BCUT2D eigenvalue weighted by Crippen LogP contribution is 1.92. The Hall–Kier alpha value is -0.610. The van der Waals surface area contributed by atoms with Gasteiger partial charge in [-0.1, -0.05) is 20.3 Å². The van der Waals surface area contributed by atoms with Crippen LogP contribution < -0.4 is 10.6 Å². The summed E-state index contributed by atoms with van der Waals surface area (Å²) in [5, 5.41) is 6.18. The summed E-state index contributed by atoms with van der Waals surface area (Å²) >= 11 is 0. The van der Waals surface area contributed by atoms with Crippen LogP contribution in [-0.4, -0.2) is 37.7 Å². The Balaban J connectivity index is 3.46. The van der Waals surface area contributed by atoms with Crippen LogP contribution in [0.2, 0.25) is 0 Å². The Kier molecular flexibility index (Phi) is 11.1. The first-order chi connectivity index (χ1) is 8.61. The zero-order chi connectivity index (χ0) is 13.8. The van der Waals surface area contributed by atoms with Gasteiger partial charge in [0.1, 0.15) is 0 Å². The second-order valence-electron chi connectivity index (χ2n) is 4.81. The van der Waals surface area contributed by atoms with Gasteiger partial charge in [0, 0.05) is 19.3 Å². The Morgan fingerprint density at radius 1 is 1.17 bits per heavy atom. The summed E-state index contributed by atoms with van der Waals surface area (Å²) in [6, 6.07) is 0.119. The van der Waals surface area contributed by atoms with Crippen molar-refractivity contribution in [2.75, 3.05) is 19.8 Å². The summed E-state index contributed by atoms with van der Waals surface area (Å²) in [5.41, 5.74) is 0. The molecule has 2 unspecified atom stereocenters. The standard InChI is InChI=1S/C14H30N2O2/c1-5-7-10-18-11-8-9-15-13(4)14(17)16-12(3)6-2/h12-13,15H,5-11H2,1-4H3,(H,16,17). The molecule has 0 aliphatic carbocycles. The summed E-state index contributed by atoms with van der Waals surface area (Å²) < 4.78 is 5.46. The topological polar surface area (TPSA) is 50.4 Å². The number of ether oxygens (including phenoxy) is 1. The minimum absolute atomic E-state index is 0.0799. The lowest BCUT2D eigenvalue weighted by Gasteiger charge is -2.17. The molecule has 108 valence electrons. The summed E-state index contributed by atoms with van der Waals surface area (Å²) in [6.45, 7) is 10.6. The molecule has 0 heterocycles. The van der Waals surface area contributed by atoms with E-state index < -0.39 is 0 Å². The molecule has 0 saturated carbocycles. The largest absolute Gasteiger partial charge is 0.381 e. The van der Waals surface area contributed by atoms with E-state index in [1.165, 1.54) is 6.42 Å². The maximum atomic E-state index is 11.7. The second kappa shape index (κ2) is 11.5. The lowest BCUT2D eigenvalue weighted by Crippen LogP contribution is -2.45. The van der Waals surface area contributed by atoms with Crippen LogP contribution in [0, 0.1) is 0 Å². The Morgan fingerprint density at radius 3 is 2.44 bits per heavy atom. The van der Waals surface area contributed by atoms with Crippen LogP contribution in [0.3, 0.4) is 0 Å². The molecular weight excluding hydrogens is 228 g/mol. The molecule has 0 aliphatic heterocycles. The van der Waals surface area contributed by atoms with Crippen molar-refractivity contribution in [1.82, 2.24) is 10.6 Å². The lowest BCUT2D eigenvalue weighted by atomic mass is 10.2. The molecule has 0 bridgehead atoms. The number of rotatable bonds is 11. The minimum atomic E-state index is -0.130. The fraction of sp³-hybridized carbons (Fsp3) is 0.929. The molecule has 0 aromatic rings. The zero-order valence-electron chi connectivity index (χ0n) is 12.4. The van der Waals surface area contributed by atoms with E-state index in [0.29, 0.717) is 0 Å². The number of hydrogen-bond acceptors (Lipinski definition) is 3. The van der Waals surface area contributed by atoms with Gasteiger partial charge in [0.05, 0.1) is 6.04 Å². The number of carbonyl (C=O) groups excluding carboxylic acids is 1. The maximum absolute atomic E-state index is 11.7. The van der Waals surface area contributed by atoms with Gasteiger partial charge in [-0.2, -0.15) is 0 Å². The van der Waals surface area contributed by atoms with Crippen LogP contribution in [-0.2, 0) is 9.53 Å². The van der Waals surface area contributed by atoms with E-state index >= 15 is 0 Å². The molecule has 0 rings (SSSR count). The fourth-order valence-electron chi connectivity index (χ4n) is 1.40. The van der Waals surface area contributed by atoms with Crippen molar-refractivity contribution in [1.29, 1.82) is 0 Å². The van der Waals surface area contributed by atoms with E-state index in [9.17, 15) is 4.79 Å². The van der Waals surface area contributed by atoms with E-state index in [2.05, 4.69) is 24.5 Å². The van der Waals surface area contributed by atoms with E-state index in [4.69, 9.17) is 4.74 Å². The number of unbranched alkanes of at least 4 members (excludes halogenated alkanes) is 1. The quantitative estimate of drug-likeness (QED) is 0.558. The van der Waals surface area contributed by atoms with Gasteiger partial charge in [0.15, 0.2) is 0 Å². The molecule has 0 aromatic heterocycles. The van der Waals surface area contributed by atoms with Gasteiger partial charge in [-0.05, 0) is 39.7 Å². The molecular formula is C14H30N2O2. The van der Waals surface area contributed by atoms with Crippen molar-refractivity contribution in [3.63, 3.8) is 0 Å². The number of amides is 1. The molecule has 0 fully saturated rings. The number of nitrogens with one attached hydrogen (secondary N) is 2. The molecule has 0 radical (unpaired) electrons. The first-order valence-corrected chi connectivity index (χ1v) is 7.23. The highest BCUT2D eigenvalue weighted by Gasteiger charge is 2.13. The van der Waals surface area contributed by atoms with Crippen molar-refractivity contribution in [3.8, 4) is 0 Å². The average Bonchev–Trinajstić information content (AvgIpc) is 2.37. The van der Waals surface area contributed by atoms with E-state index in [1.54, 1.807) is 0 Å². The first-order valence-electron chi connectivity index (χ1n) is 7.23. The maximum Gasteiger partial charge on any atom is 0.237 e. The van der Waals surface area contributed by atoms with Gasteiger partial charge in [0.2, 0.25) is 5.91 Å². The molecule has 0 aromatic carbocycles. The van der Waals surface area contributed by atoms with Crippen LogP contribution in [0.25, 0.3) is 0 Å². The third-order valence-electron chi connectivity index (χ3n) is 2.95. The lowest BCUT2D eigenvalue weighted by molar-refractivity contribution is -0.123. The Morgan fingerprint density at radius 2 is 1.83 bits per heavy atom. The van der Waals surface area contributed by atoms with Crippen molar-refractivity contribution < 1.29 is 9.53 Å². The summed E-state index contributed by atoms with van der Waals surface area (Å²) in [4.78, 5) is 11.7. The smallest absolute Gasteiger partial charge is 0.237 e. The third kappa shape index (κ3) is 9.42. The van der Waals surface area contributed by atoms with Crippen LogP contribution in [0.15, 0.2) is 0 Å². The van der Waals surface area contributed by atoms with E-state index in [0.717, 1.165) is 39.0 Å². The van der Waals surface area contributed by atoms with Crippen LogP contribution in [0.4, 0.5) is 0 Å². The highest BCUT2D eigenvalue weighted by atomic mass is 16.5. The molecule has 18 heavy (non-hydrogen) atoms. The molecule has 2 atom stereocenters. The predicted octanol–water partition coefficient (Wildman–Crippen LogP) is 2.09. The zero-order valence-corrected chi connectivity index (χ0v) is 12.4. The molecule has 0 saturated heterocycles. The fourth-order valence-corrected chi connectivity index (χ4v) is 1.40. The first kappa shape index (κ1) is 17.4. The number of hydrogen-bond donors (Lipinski definition) is 2. The normalized spacial score (nSPS) is 14.2. The van der Waals surface area contributed by atoms with Crippen molar-refractivity contribution >= 4 is 5.91 Å². The van der Waals surface area contributed by atoms with Gasteiger partial charge in [-0.25, -0.2) is 0 Å². The molecule has 4 nitrogen and oxygen atoms in total. The highest BCUT2D eigenvalue weighted by molar-refractivity contribution is 5.81. The van der Waals surface area contributed by atoms with Gasteiger partial charge < -0.3 is 15.4 Å². The molecule has 2 N–H and O–H groups in total. The van der Waals surface area contributed by atoms with Crippen molar-refractivity contribution in [3.05, 3.63) is 0 Å². The molecule has 4 heteroatoms. The average molecular weight is 258 g/mol. The molecule has 0 aliphatic rings. The van der Waals surface area contributed by atoms with Crippen molar-refractivity contribution in [2.45, 2.75) is 65.5 Å². The number of carbonyl (C=O) groups is 1. The van der Waals surface area contributed by atoms with Gasteiger partial charge in [-0.3, -0.25) is 4.79 Å². The minimum Gasteiger partial charge on any atom is -0.381 e. The van der Waals surface area contributed by atoms with Gasteiger partial charge in [0.25, 0.3) is 0 Å². The van der Waals surface area contributed by atoms with E-state index in [1.807, 2.05) is 13.8 Å². The van der Waals surface area contributed by atoms with Gasteiger partial charge >= 0.3 is 0 Å². The monoisotopic (exact) mass is 258 g/mol. The van der Waals surface area contributed by atoms with Crippen LogP contribution >= 0.6 is 0 Å². The van der Waals surface area contributed by atoms with Crippen LogP contribution in [0.5, 0.6) is 0 Å². The van der Waals surface area contributed by atoms with Gasteiger partial charge in [-0.15, -0.1) is 0 Å². The van der Waals surface area contributed by atoms with E-state index in [-0.39, 0.29) is 18.0 Å². The molecule has 1 amide bonds. The third-order valence-corrected chi connectivity index (χ3v) is 2.95. The van der Waals surface area contributed by atoms with Crippen molar-refractivity contribution in [2.24, 2.45) is 0 Å². The summed E-state index contributed by atoms with van der Waals surface area (Å²) in [5.74, 6) is 0.0799. The second-order valence-corrected chi connectivity index (χ2v) is 4.81.